The number of benzene rings is 10. The molecule has 0 bridgehead atoms. The summed E-state index contributed by atoms with van der Waals surface area (Å²) in [6.07, 6.45) is 0. The Labute approximate surface area is 395 Å². The molecule has 68 heavy (non-hydrogen) atoms. The summed E-state index contributed by atoms with van der Waals surface area (Å²) in [6, 6.07) is 94.1. The smallest absolute Gasteiger partial charge is 0.0715 e. The molecule has 3 nitrogen and oxygen atoms in total. The van der Waals surface area contributed by atoms with Gasteiger partial charge in [-0.2, -0.15) is 0 Å². The van der Waals surface area contributed by atoms with Gasteiger partial charge in [0.05, 0.1) is 33.5 Å². The topological polar surface area (TPSA) is 22.8 Å². The predicted molar refractivity (Wildman–Crippen MR) is 286 cm³/mol. The minimum Gasteiger partial charge on any atom is -0.309 e. The maximum absolute atomic E-state index is 5.41. The van der Waals surface area contributed by atoms with Gasteiger partial charge in [-0.25, -0.2) is 4.98 Å². The van der Waals surface area contributed by atoms with Crippen molar-refractivity contribution in [2.45, 2.75) is 0 Å². The minimum atomic E-state index is 0.921. The van der Waals surface area contributed by atoms with Crippen LogP contribution >= 0.6 is 0 Å². The van der Waals surface area contributed by atoms with Crippen LogP contribution in [0.4, 0.5) is 0 Å². The highest BCUT2D eigenvalue weighted by atomic mass is 15.0. The molecule has 0 spiro atoms. The molecule has 0 unspecified atom stereocenters. The van der Waals surface area contributed by atoms with Gasteiger partial charge in [-0.15, -0.1) is 0 Å². The molecule has 0 amide bonds. The van der Waals surface area contributed by atoms with Crippen LogP contribution in [0.2, 0.25) is 0 Å². The number of fused-ring (bicyclic) bond motifs is 6. The Morgan fingerprint density at radius 1 is 0.206 bits per heavy atom. The highest BCUT2D eigenvalue weighted by Crippen LogP contribution is 2.38. The molecule has 10 aromatic carbocycles. The molecule has 0 atom stereocenters. The van der Waals surface area contributed by atoms with E-state index in [1.54, 1.807) is 0 Å². The molecule has 0 fully saturated rings. The second-order valence-electron chi connectivity index (χ2n) is 17.6. The molecule has 13 aromatic rings. The second-order valence-corrected chi connectivity index (χ2v) is 17.6. The van der Waals surface area contributed by atoms with Crippen LogP contribution in [0.15, 0.2) is 261 Å². The lowest BCUT2D eigenvalue weighted by molar-refractivity contribution is 1.18. The molecule has 3 aromatic heterocycles. The van der Waals surface area contributed by atoms with Crippen LogP contribution in [0.5, 0.6) is 0 Å². The first-order valence-electron chi connectivity index (χ1n) is 23.3. The number of pyridine rings is 1. The van der Waals surface area contributed by atoms with E-state index < -0.39 is 0 Å². The average molecular weight is 866 g/mol. The van der Waals surface area contributed by atoms with Gasteiger partial charge in [0, 0.05) is 44.0 Å². The third kappa shape index (κ3) is 6.88. The molecule has 13 rings (SSSR count). The molecule has 0 aliphatic rings. The number of para-hydroxylation sites is 4. The SMILES string of the molecule is c1ccc(-c2cccc(-c3ccc(-c4cc(-c5cccc(-n6c7ccccc7c7ccccc76)c5)cc(-c5ccc(-c6cccc(-n7c8ccccc8c8ccccc87)c6)cc5)n4)cc3)c2)cc1. The lowest BCUT2D eigenvalue weighted by Crippen LogP contribution is -1.95. The average Bonchev–Trinajstić information content (AvgIpc) is 3.94. The van der Waals surface area contributed by atoms with Crippen LogP contribution in [0.25, 0.3) is 122 Å². The van der Waals surface area contributed by atoms with Gasteiger partial charge in [-0.3, -0.25) is 0 Å². The van der Waals surface area contributed by atoms with Crippen LogP contribution in [-0.2, 0) is 0 Å². The molecule has 3 heteroatoms. The maximum atomic E-state index is 5.41. The normalized spacial score (nSPS) is 11.5. The fraction of sp³-hybridized carbons (Fsp3) is 0. The van der Waals surface area contributed by atoms with Crippen molar-refractivity contribution in [2.75, 3.05) is 0 Å². The van der Waals surface area contributed by atoms with E-state index in [2.05, 4.69) is 270 Å². The standard InChI is InChI=1S/C65H43N3/c1-2-15-44(16-3-1)49-17-12-18-50(39-49)45-31-35-47(36-32-45)60-42-53(52-20-14-22-55(41-52)68-64-29-10-6-25-58(64)59-26-7-11-30-65(59)68)43-61(66-60)48-37-33-46(34-38-48)51-19-13-21-54(40-51)67-62-27-8-4-23-56(62)57-24-5-9-28-63(57)67/h1-43H. The molecule has 0 N–H and O–H groups in total. The van der Waals surface area contributed by atoms with Gasteiger partial charge >= 0.3 is 0 Å². The summed E-state index contributed by atoms with van der Waals surface area (Å²) in [5.41, 5.74) is 20.3. The Balaban J connectivity index is 0.899. The van der Waals surface area contributed by atoms with Gasteiger partial charge in [0.15, 0.2) is 0 Å². The Morgan fingerprint density at radius 3 is 0.941 bits per heavy atom. The Morgan fingerprint density at radius 2 is 0.515 bits per heavy atom. The zero-order chi connectivity index (χ0) is 45.0. The Kier molecular flexibility index (Phi) is 9.50. The quantitative estimate of drug-likeness (QED) is 0.149. The third-order valence-electron chi connectivity index (χ3n) is 13.5. The van der Waals surface area contributed by atoms with Crippen molar-refractivity contribution in [3.05, 3.63) is 261 Å². The van der Waals surface area contributed by atoms with E-state index in [1.165, 1.54) is 65.9 Å². The zero-order valence-corrected chi connectivity index (χ0v) is 37.2. The van der Waals surface area contributed by atoms with Crippen molar-refractivity contribution in [2.24, 2.45) is 0 Å². The molecule has 0 saturated heterocycles. The first-order chi connectivity index (χ1) is 33.7. The molecule has 3 heterocycles. The van der Waals surface area contributed by atoms with E-state index in [0.29, 0.717) is 0 Å². The van der Waals surface area contributed by atoms with Crippen molar-refractivity contribution in [1.29, 1.82) is 0 Å². The van der Waals surface area contributed by atoms with Crippen LogP contribution in [-0.4, -0.2) is 14.1 Å². The zero-order valence-electron chi connectivity index (χ0n) is 37.2. The number of aromatic nitrogens is 3. The van der Waals surface area contributed by atoms with E-state index in [4.69, 9.17) is 4.98 Å². The molecule has 0 aliphatic heterocycles. The fourth-order valence-corrected chi connectivity index (χ4v) is 10.2. The van der Waals surface area contributed by atoms with Crippen LogP contribution in [0.3, 0.4) is 0 Å². The van der Waals surface area contributed by atoms with Gasteiger partial charge in [-0.1, -0.05) is 194 Å². The maximum Gasteiger partial charge on any atom is 0.0715 e. The first kappa shape index (κ1) is 39.3. The van der Waals surface area contributed by atoms with Gasteiger partial charge in [0.25, 0.3) is 0 Å². The highest BCUT2D eigenvalue weighted by molar-refractivity contribution is 6.10. The van der Waals surface area contributed by atoms with E-state index >= 15 is 0 Å². The van der Waals surface area contributed by atoms with Crippen LogP contribution < -0.4 is 0 Å². The van der Waals surface area contributed by atoms with Gasteiger partial charge < -0.3 is 9.13 Å². The van der Waals surface area contributed by atoms with E-state index in [0.717, 1.165) is 56.1 Å². The van der Waals surface area contributed by atoms with Gasteiger partial charge in [-0.05, 0) is 111 Å². The van der Waals surface area contributed by atoms with Crippen molar-refractivity contribution in [3.63, 3.8) is 0 Å². The lowest BCUT2D eigenvalue weighted by atomic mass is 9.96. The predicted octanol–water partition coefficient (Wildman–Crippen LogP) is 17.3. The van der Waals surface area contributed by atoms with E-state index in [9.17, 15) is 0 Å². The molecular weight excluding hydrogens is 823 g/mol. The first-order valence-corrected chi connectivity index (χ1v) is 23.3. The van der Waals surface area contributed by atoms with Crippen molar-refractivity contribution in [3.8, 4) is 78.4 Å². The highest BCUT2D eigenvalue weighted by Gasteiger charge is 2.16. The summed E-state index contributed by atoms with van der Waals surface area (Å²) in [5.74, 6) is 0. The number of nitrogens with zero attached hydrogens (tertiary/aromatic N) is 3. The number of hydrogen-bond acceptors (Lipinski definition) is 1. The van der Waals surface area contributed by atoms with Crippen molar-refractivity contribution in [1.82, 2.24) is 14.1 Å². The number of hydrogen-bond donors (Lipinski definition) is 0. The summed E-state index contributed by atoms with van der Waals surface area (Å²) in [5, 5.41) is 5.02. The van der Waals surface area contributed by atoms with Crippen molar-refractivity contribution < 1.29 is 0 Å². The van der Waals surface area contributed by atoms with Crippen molar-refractivity contribution >= 4 is 43.6 Å². The summed E-state index contributed by atoms with van der Waals surface area (Å²) in [4.78, 5) is 5.41. The largest absolute Gasteiger partial charge is 0.309 e. The molecule has 0 aliphatic carbocycles. The summed E-state index contributed by atoms with van der Waals surface area (Å²) in [7, 11) is 0. The molecule has 0 radical (unpaired) electrons. The summed E-state index contributed by atoms with van der Waals surface area (Å²) < 4.78 is 4.77. The van der Waals surface area contributed by atoms with Crippen LogP contribution in [0, 0.1) is 0 Å². The molecular formula is C65H43N3. The van der Waals surface area contributed by atoms with E-state index in [-0.39, 0.29) is 0 Å². The second kappa shape index (κ2) is 16.4. The van der Waals surface area contributed by atoms with E-state index in [1.807, 2.05) is 0 Å². The number of rotatable bonds is 8. The fourth-order valence-electron chi connectivity index (χ4n) is 10.2. The summed E-state index contributed by atoms with van der Waals surface area (Å²) >= 11 is 0. The molecule has 0 saturated carbocycles. The van der Waals surface area contributed by atoms with Crippen LogP contribution in [0.1, 0.15) is 0 Å². The monoisotopic (exact) mass is 865 g/mol. The molecule has 318 valence electrons. The summed E-state index contributed by atoms with van der Waals surface area (Å²) in [6.45, 7) is 0. The lowest BCUT2D eigenvalue weighted by Gasteiger charge is -2.14. The minimum absolute atomic E-state index is 0.921. The third-order valence-corrected chi connectivity index (χ3v) is 13.5. The Hall–Kier alpha value is -9.05. The van der Waals surface area contributed by atoms with Gasteiger partial charge in [0.1, 0.15) is 0 Å². The van der Waals surface area contributed by atoms with Gasteiger partial charge in [0.2, 0.25) is 0 Å². The Bertz CT molecular complexity index is 3900.